The molecular weight excluding hydrogens is 290 g/mol. The van der Waals surface area contributed by atoms with Gasteiger partial charge in [0.2, 0.25) is 0 Å². The number of carbonyl (C=O) groups excluding carboxylic acids is 2. The minimum atomic E-state index is -1.05. The fourth-order valence-corrected chi connectivity index (χ4v) is 1.65. The van der Waals surface area contributed by atoms with E-state index < -0.39 is 11.9 Å². The lowest BCUT2D eigenvalue weighted by Gasteiger charge is -2.12. The summed E-state index contributed by atoms with van der Waals surface area (Å²) in [6.07, 6.45) is 1.25. The van der Waals surface area contributed by atoms with Crippen LogP contribution in [-0.4, -0.2) is 33.3 Å². The molecule has 0 heterocycles. The molecule has 0 aliphatic carbocycles. The number of nitriles is 1. The van der Waals surface area contributed by atoms with Gasteiger partial charge in [0.25, 0.3) is 5.91 Å². The van der Waals surface area contributed by atoms with E-state index >= 15 is 0 Å². The maximum atomic E-state index is 11.7. The van der Waals surface area contributed by atoms with Gasteiger partial charge in [-0.2, -0.15) is 5.26 Å². The third kappa shape index (κ3) is 3.89. The van der Waals surface area contributed by atoms with Gasteiger partial charge in [0, 0.05) is 11.6 Å². The number of nitrogens with one attached hydrogen (secondary N) is 1. The predicted octanol–water partition coefficient (Wildman–Crippen LogP) is 0.814. The molecule has 3 N–H and O–H groups in total. The second-order valence-corrected chi connectivity index (χ2v) is 3.94. The van der Waals surface area contributed by atoms with Crippen LogP contribution in [0, 0.1) is 11.3 Å². The van der Waals surface area contributed by atoms with Crippen LogP contribution in [0.3, 0.4) is 0 Å². The van der Waals surface area contributed by atoms with Gasteiger partial charge < -0.3 is 19.9 Å². The van der Waals surface area contributed by atoms with Gasteiger partial charge in [0.15, 0.2) is 11.5 Å². The maximum Gasteiger partial charge on any atom is 0.319 e. The summed E-state index contributed by atoms with van der Waals surface area (Å²) in [5, 5.41) is 10.8. The highest BCUT2D eigenvalue weighted by molar-refractivity contribution is 6.08. The van der Waals surface area contributed by atoms with E-state index in [9.17, 15) is 9.59 Å². The topological polar surface area (TPSA) is 124 Å². The van der Waals surface area contributed by atoms with Crippen LogP contribution in [0.5, 0.6) is 17.2 Å². The monoisotopic (exact) mass is 305 g/mol. The highest BCUT2D eigenvalue weighted by Crippen LogP contribution is 2.35. The number of amides is 3. The van der Waals surface area contributed by atoms with Crippen LogP contribution in [0.25, 0.3) is 6.08 Å². The number of primary amides is 1. The number of nitrogens with two attached hydrogens (primary N) is 1. The van der Waals surface area contributed by atoms with Crippen molar-refractivity contribution in [3.8, 4) is 23.3 Å². The first kappa shape index (κ1) is 16.8. The molecule has 0 spiro atoms. The van der Waals surface area contributed by atoms with E-state index in [4.69, 9.17) is 25.2 Å². The van der Waals surface area contributed by atoms with Crippen molar-refractivity contribution in [3.63, 3.8) is 0 Å². The number of benzene rings is 1. The molecule has 0 radical (unpaired) electrons. The second kappa shape index (κ2) is 7.54. The van der Waals surface area contributed by atoms with Crippen LogP contribution in [0.2, 0.25) is 0 Å². The molecule has 0 saturated heterocycles. The quantitative estimate of drug-likeness (QED) is 0.613. The third-order valence-corrected chi connectivity index (χ3v) is 2.64. The Labute approximate surface area is 127 Å². The smallest absolute Gasteiger partial charge is 0.319 e. The SMILES string of the molecule is COc1cc(OC)c(OC)cc1/C=C(/C#N)C(=O)NC(N)=O. The summed E-state index contributed by atoms with van der Waals surface area (Å²) in [6.45, 7) is 0. The van der Waals surface area contributed by atoms with Crippen molar-refractivity contribution in [2.45, 2.75) is 0 Å². The highest BCUT2D eigenvalue weighted by atomic mass is 16.5. The Balaban J connectivity index is 3.35. The Bertz CT molecular complexity index is 661. The summed E-state index contributed by atoms with van der Waals surface area (Å²) in [5.41, 5.74) is 4.93. The Hall–Kier alpha value is -3.21. The van der Waals surface area contributed by atoms with Crippen molar-refractivity contribution in [1.29, 1.82) is 5.26 Å². The minimum Gasteiger partial charge on any atom is -0.496 e. The first-order chi connectivity index (χ1) is 10.5. The Morgan fingerprint density at radius 2 is 1.68 bits per heavy atom. The molecule has 1 aromatic rings. The average molecular weight is 305 g/mol. The lowest BCUT2D eigenvalue weighted by molar-refractivity contribution is -0.115. The summed E-state index contributed by atoms with van der Waals surface area (Å²) in [6, 6.07) is 3.72. The number of methoxy groups -OCH3 is 3. The molecule has 1 rings (SSSR count). The Morgan fingerprint density at radius 3 is 2.14 bits per heavy atom. The van der Waals surface area contributed by atoms with E-state index in [2.05, 4.69) is 0 Å². The molecule has 0 aromatic heterocycles. The van der Waals surface area contributed by atoms with Crippen LogP contribution in [0.4, 0.5) is 4.79 Å². The largest absolute Gasteiger partial charge is 0.496 e. The summed E-state index contributed by atoms with van der Waals surface area (Å²) in [7, 11) is 4.34. The van der Waals surface area contributed by atoms with Gasteiger partial charge in [-0.05, 0) is 12.1 Å². The van der Waals surface area contributed by atoms with Crippen molar-refractivity contribution in [2.24, 2.45) is 5.73 Å². The molecule has 0 saturated carbocycles. The van der Waals surface area contributed by atoms with Gasteiger partial charge in [-0.15, -0.1) is 0 Å². The van der Waals surface area contributed by atoms with E-state index in [-0.39, 0.29) is 5.57 Å². The fourth-order valence-electron chi connectivity index (χ4n) is 1.65. The van der Waals surface area contributed by atoms with Crippen molar-refractivity contribution in [1.82, 2.24) is 5.32 Å². The van der Waals surface area contributed by atoms with Crippen LogP contribution >= 0.6 is 0 Å². The summed E-state index contributed by atoms with van der Waals surface area (Å²) in [4.78, 5) is 22.3. The number of rotatable bonds is 5. The molecular formula is C14H15N3O5. The molecule has 0 atom stereocenters. The molecule has 116 valence electrons. The number of urea groups is 1. The van der Waals surface area contributed by atoms with Gasteiger partial charge in [0.05, 0.1) is 21.3 Å². The van der Waals surface area contributed by atoms with E-state index in [1.807, 2.05) is 5.32 Å². The van der Waals surface area contributed by atoms with Gasteiger partial charge in [-0.3, -0.25) is 10.1 Å². The molecule has 3 amide bonds. The van der Waals surface area contributed by atoms with Crippen LogP contribution in [0.1, 0.15) is 5.56 Å². The second-order valence-electron chi connectivity index (χ2n) is 3.94. The van der Waals surface area contributed by atoms with E-state index in [0.29, 0.717) is 22.8 Å². The van der Waals surface area contributed by atoms with Gasteiger partial charge in [-0.1, -0.05) is 0 Å². The molecule has 0 aliphatic heterocycles. The first-order valence-electron chi connectivity index (χ1n) is 5.99. The summed E-state index contributed by atoms with van der Waals surface area (Å²) in [5.74, 6) is 0.267. The van der Waals surface area contributed by atoms with E-state index in [1.165, 1.54) is 33.5 Å². The zero-order chi connectivity index (χ0) is 16.7. The average Bonchev–Trinajstić information content (AvgIpc) is 2.50. The van der Waals surface area contributed by atoms with Crippen LogP contribution < -0.4 is 25.3 Å². The van der Waals surface area contributed by atoms with Gasteiger partial charge in [-0.25, -0.2) is 4.79 Å². The van der Waals surface area contributed by atoms with Gasteiger partial charge >= 0.3 is 6.03 Å². The number of ether oxygens (including phenoxy) is 3. The molecule has 22 heavy (non-hydrogen) atoms. The maximum absolute atomic E-state index is 11.7. The van der Waals surface area contributed by atoms with Crippen molar-refractivity contribution in [2.75, 3.05) is 21.3 Å². The van der Waals surface area contributed by atoms with E-state index in [1.54, 1.807) is 12.1 Å². The van der Waals surface area contributed by atoms with Crippen molar-refractivity contribution in [3.05, 3.63) is 23.3 Å². The van der Waals surface area contributed by atoms with Crippen LogP contribution in [0.15, 0.2) is 17.7 Å². The standard InChI is InChI=1S/C14H15N3O5/c1-20-10-6-12(22-3)11(21-2)5-8(10)4-9(7-15)13(18)17-14(16)19/h4-6H,1-3H3,(H3,16,17,18,19)/b9-4-. The van der Waals surface area contributed by atoms with Gasteiger partial charge in [0.1, 0.15) is 17.4 Å². The number of hydrogen-bond donors (Lipinski definition) is 2. The zero-order valence-electron chi connectivity index (χ0n) is 12.3. The lowest BCUT2D eigenvalue weighted by Crippen LogP contribution is -2.35. The minimum absolute atomic E-state index is 0.315. The Kier molecular flexibility index (Phi) is 5.77. The lowest BCUT2D eigenvalue weighted by atomic mass is 10.1. The number of carbonyl (C=O) groups is 2. The van der Waals surface area contributed by atoms with E-state index in [0.717, 1.165) is 0 Å². The van der Waals surface area contributed by atoms with Crippen molar-refractivity contribution < 1.29 is 23.8 Å². The molecule has 0 aliphatic rings. The number of hydrogen-bond acceptors (Lipinski definition) is 6. The Morgan fingerprint density at radius 1 is 1.14 bits per heavy atom. The normalized spacial score (nSPS) is 10.4. The van der Waals surface area contributed by atoms with Crippen LogP contribution in [-0.2, 0) is 4.79 Å². The fraction of sp³-hybridized carbons (Fsp3) is 0.214. The zero-order valence-corrected chi connectivity index (χ0v) is 12.3. The van der Waals surface area contributed by atoms with Crippen molar-refractivity contribution >= 4 is 18.0 Å². The molecule has 0 unspecified atom stereocenters. The third-order valence-electron chi connectivity index (χ3n) is 2.64. The highest BCUT2D eigenvalue weighted by Gasteiger charge is 2.15. The number of imide groups is 1. The predicted molar refractivity (Wildman–Crippen MR) is 77.4 cm³/mol. The number of nitrogens with zero attached hydrogens (tertiary/aromatic N) is 1. The molecule has 1 aromatic carbocycles. The summed E-state index contributed by atoms with van der Waals surface area (Å²) < 4.78 is 15.5. The first-order valence-corrected chi connectivity index (χ1v) is 5.99. The molecule has 8 heteroatoms. The molecule has 0 bridgehead atoms. The molecule has 8 nitrogen and oxygen atoms in total. The summed E-state index contributed by atoms with van der Waals surface area (Å²) >= 11 is 0. The molecule has 0 fully saturated rings.